The molecule has 0 aromatic rings. The van der Waals surface area contributed by atoms with Crippen molar-refractivity contribution in [2.24, 2.45) is 0 Å². The number of imide groups is 1. The fourth-order valence-corrected chi connectivity index (χ4v) is 3.62. The summed E-state index contributed by atoms with van der Waals surface area (Å²) in [6, 6.07) is 0. The van der Waals surface area contributed by atoms with Gasteiger partial charge in [0.2, 0.25) is 11.8 Å². The average Bonchev–Trinajstić information content (AvgIpc) is 2.69. The molecule has 2 rings (SSSR count). The van der Waals surface area contributed by atoms with Crippen LogP contribution in [0.15, 0.2) is 0 Å². The summed E-state index contributed by atoms with van der Waals surface area (Å²) < 4.78 is 1.51. The lowest BCUT2D eigenvalue weighted by Gasteiger charge is -2.31. The van der Waals surface area contributed by atoms with Crippen LogP contribution in [0, 0.1) is 5.41 Å². The Labute approximate surface area is 123 Å². The highest BCUT2D eigenvalue weighted by atomic mass is 32.2. The third-order valence-electron chi connectivity index (χ3n) is 3.28. The molecule has 1 atom stereocenters. The van der Waals surface area contributed by atoms with Gasteiger partial charge in [-0.2, -0.15) is 17.6 Å². The van der Waals surface area contributed by atoms with Crippen LogP contribution in [0.3, 0.4) is 0 Å². The monoisotopic (exact) mass is 301 g/mol. The fraction of sp³-hybridized carbons (Fsp3) is 0.750. The van der Waals surface area contributed by atoms with E-state index in [4.69, 9.17) is 5.41 Å². The molecule has 1 unspecified atom stereocenters. The number of nitrogens with zero attached hydrogens (tertiary/aromatic N) is 2. The first-order chi connectivity index (χ1) is 9.09. The number of hydrazine groups is 1. The van der Waals surface area contributed by atoms with Gasteiger partial charge in [0.25, 0.3) is 0 Å². The van der Waals surface area contributed by atoms with E-state index in [1.54, 1.807) is 0 Å². The molecule has 106 valence electrons. The van der Waals surface area contributed by atoms with E-state index in [2.05, 4.69) is 12.6 Å². The highest BCUT2D eigenvalue weighted by Gasteiger charge is 2.35. The summed E-state index contributed by atoms with van der Waals surface area (Å²) in [6.07, 6.45) is 5.00. The summed E-state index contributed by atoms with van der Waals surface area (Å²) in [5, 5.41) is 9.65. The van der Waals surface area contributed by atoms with Crippen molar-refractivity contribution in [2.75, 3.05) is 5.75 Å². The normalized spacial score (nSPS) is 27.0. The van der Waals surface area contributed by atoms with Gasteiger partial charge in [0.05, 0.1) is 0 Å². The van der Waals surface area contributed by atoms with Crippen LogP contribution >= 0.6 is 24.6 Å². The molecule has 2 fully saturated rings. The summed E-state index contributed by atoms with van der Waals surface area (Å²) in [7, 11) is 0. The van der Waals surface area contributed by atoms with Crippen LogP contribution in [0.2, 0.25) is 0 Å². The molecule has 0 aromatic carbocycles. The maximum atomic E-state index is 11.8. The van der Waals surface area contributed by atoms with E-state index in [0.29, 0.717) is 17.5 Å². The van der Waals surface area contributed by atoms with Crippen molar-refractivity contribution in [1.29, 1.82) is 5.41 Å². The van der Waals surface area contributed by atoms with Crippen LogP contribution < -0.4 is 0 Å². The van der Waals surface area contributed by atoms with Gasteiger partial charge in [0.1, 0.15) is 5.84 Å². The standard InChI is InChI=1S/C12H19N3O2S2/c13-10-5-1-3-9(18)4-2-8-19-15(10)14-11(16)6-7-12(14)17/h9,13,18H,1-8H2. The average molecular weight is 301 g/mol. The van der Waals surface area contributed by atoms with Crippen molar-refractivity contribution >= 4 is 42.2 Å². The van der Waals surface area contributed by atoms with Crippen LogP contribution in [-0.4, -0.2) is 38.1 Å². The molecular formula is C12H19N3O2S2. The van der Waals surface area contributed by atoms with Crippen molar-refractivity contribution in [2.45, 2.75) is 50.2 Å². The number of hydrogen-bond donors (Lipinski definition) is 2. The summed E-state index contributed by atoms with van der Waals surface area (Å²) in [4.78, 5) is 23.5. The first-order valence-electron chi connectivity index (χ1n) is 6.64. The van der Waals surface area contributed by atoms with E-state index in [1.807, 2.05) is 0 Å². The molecule has 19 heavy (non-hydrogen) atoms. The number of hydrogen-bond acceptors (Lipinski definition) is 5. The molecule has 0 saturated carbocycles. The van der Waals surface area contributed by atoms with Crippen LogP contribution in [-0.2, 0) is 9.59 Å². The van der Waals surface area contributed by atoms with Gasteiger partial charge in [-0.3, -0.25) is 15.0 Å². The maximum absolute atomic E-state index is 11.8. The van der Waals surface area contributed by atoms with E-state index >= 15 is 0 Å². The smallest absolute Gasteiger partial charge is 0.249 e. The van der Waals surface area contributed by atoms with E-state index < -0.39 is 0 Å². The first kappa shape index (κ1) is 14.7. The minimum atomic E-state index is -0.189. The third kappa shape index (κ3) is 3.66. The topological polar surface area (TPSA) is 64.5 Å². The lowest BCUT2D eigenvalue weighted by atomic mass is 10.1. The zero-order valence-corrected chi connectivity index (χ0v) is 12.5. The Hall–Kier alpha value is -0.690. The Morgan fingerprint density at radius 3 is 2.42 bits per heavy atom. The van der Waals surface area contributed by atoms with E-state index in [9.17, 15) is 9.59 Å². The Morgan fingerprint density at radius 2 is 1.74 bits per heavy atom. The summed E-state index contributed by atoms with van der Waals surface area (Å²) in [5.41, 5.74) is 0. The second kappa shape index (κ2) is 6.65. The molecule has 2 aliphatic heterocycles. The molecule has 2 heterocycles. The van der Waals surface area contributed by atoms with Crippen molar-refractivity contribution in [1.82, 2.24) is 9.42 Å². The molecule has 7 heteroatoms. The number of carbonyl (C=O) groups is 2. The third-order valence-corrected chi connectivity index (χ3v) is 4.90. The Morgan fingerprint density at radius 1 is 1.11 bits per heavy atom. The fourth-order valence-electron chi connectivity index (χ4n) is 2.24. The van der Waals surface area contributed by atoms with Crippen LogP contribution in [0.25, 0.3) is 0 Å². The second-order valence-corrected chi connectivity index (χ2v) is 6.58. The predicted molar refractivity (Wildman–Crippen MR) is 79.0 cm³/mol. The Balaban J connectivity index is 2.06. The number of amides is 2. The van der Waals surface area contributed by atoms with Gasteiger partial charge in [0.15, 0.2) is 0 Å². The van der Waals surface area contributed by atoms with Crippen LogP contribution in [0.1, 0.15) is 44.9 Å². The van der Waals surface area contributed by atoms with E-state index in [-0.39, 0.29) is 24.7 Å². The van der Waals surface area contributed by atoms with Crippen LogP contribution in [0.4, 0.5) is 0 Å². The SMILES string of the molecule is N=C1CCCC(S)CCCSN1N1C(=O)CCC1=O. The molecule has 0 aromatic heterocycles. The minimum absolute atomic E-state index is 0.189. The Bertz CT molecular complexity index is 373. The van der Waals surface area contributed by atoms with E-state index in [0.717, 1.165) is 36.4 Å². The van der Waals surface area contributed by atoms with Gasteiger partial charge in [-0.25, -0.2) is 4.41 Å². The number of nitrogens with one attached hydrogen (secondary N) is 1. The molecule has 5 nitrogen and oxygen atoms in total. The van der Waals surface area contributed by atoms with Crippen LogP contribution in [0.5, 0.6) is 0 Å². The molecule has 2 saturated heterocycles. The summed E-state index contributed by atoms with van der Waals surface area (Å²) in [6.45, 7) is 0. The number of thiol groups is 1. The lowest BCUT2D eigenvalue weighted by molar-refractivity contribution is -0.145. The molecular weight excluding hydrogens is 282 g/mol. The molecule has 1 N–H and O–H groups in total. The predicted octanol–water partition coefficient (Wildman–Crippen LogP) is 2.24. The van der Waals surface area contributed by atoms with Gasteiger partial charge < -0.3 is 0 Å². The van der Waals surface area contributed by atoms with E-state index in [1.165, 1.54) is 16.4 Å². The van der Waals surface area contributed by atoms with Gasteiger partial charge in [0, 0.05) is 30.3 Å². The van der Waals surface area contributed by atoms with Gasteiger partial charge in [-0.15, -0.1) is 0 Å². The quantitative estimate of drug-likeness (QED) is 0.443. The first-order valence-corrected chi connectivity index (χ1v) is 8.09. The molecule has 0 bridgehead atoms. The number of carbonyl (C=O) groups excluding carboxylic acids is 2. The van der Waals surface area contributed by atoms with Crippen molar-refractivity contribution in [3.05, 3.63) is 0 Å². The zero-order chi connectivity index (χ0) is 13.8. The summed E-state index contributed by atoms with van der Waals surface area (Å²) >= 11 is 5.91. The molecule has 2 amide bonds. The molecule has 0 radical (unpaired) electrons. The summed E-state index contributed by atoms with van der Waals surface area (Å²) in [5.74, 6) is 0.769. The zero-order valence-electron chi connectivity index (χ0n) is 10.8. The van der Waals surface area contributed by atoms with Gasteiger partial charge in [-0.05, 0) is 37.6 Å². The molecule has 0 aliphatic carbocycles. The maximum Gasteiger partial charge on any atom is 0.249 e. The second-order valence-electron chi connectivity index (χ2n) is 4.84. The highest BCUT2D eigenvalue weighted by molar-refractivity contribution is 7.97. The highest BCUT2D eigenvalue weighted by Crippen LogP contribution is 2.27. The number of rotatable bonds is 1. The van der Waals surface area contributed by atoms with Gasteiger partial charge in [-0.1, -0.05) is 0 Å². The van der Waals surface area contributed by atoms with Crippen molar-refractivity contribution in [3.63, 3.8) is 0 Å². The lowest BCUT2D eigenvalue weighted by Crippen LogP contribution is -2.45. The van der Waals surface area contributed by atoms with Crippen molar-refractivity contribution < 1.29 is 9.59 Å². The largest absolute Gasteiger partial charge is 0.286 e. The minimum Gasteiger partial charge on any atom is -0.286 e. The van der Waals surface area contributed by atoms with Gasteiger partial charge >= 0.3 is 0 Å². The molecule has 2 aliphatic rings. The molecule has 0 spiro atoms. The van der Waals surface area contributed by atoms with Crippen molar-refractivity contribution in [3.8, 4) is 0 Å². The number of amidine groups is 1. The Kier molecular flexibility index (Phi) is 5.15.